The first kappa shape index (κ1) is 21.1. The first-order valence-electron chi connectivity index (χ1n) is 7.18. The van der Waals surface area contributed by atoms with Gasteiger partial charge >= 0.3 is 5.51 Å². The van der Waals surface area contributed by atoms with Gasteiger partial charge in [0.05, 0.1) is 30.5 Å². The first-order valence-corrected chi connectivity index (χ1v) is 8.66. The summed E-state index contributed by atoms with van der Waals surface area (Å²) in [5.74, 6) is -1.18. The second kappa shape index (κ2) is 7.81. The van der Waals surface area contributed by atoms with Gasteiger partial charge in [0.15, 0.2) is 0 Å². The second-order valence-electron chi connectivity index (χ2n) is 5.18. The highest BCUT2D eigenvalue weighted by Gasteiger charge is 2.48. The zero-order valence-electron chi connectivity index (χ0n) is 13.9. The number of halogens is 5. The lowest BCUT2D eigenvalue weighted by molar-refractivity contribution is -0.0435. The molecule has 0 saturated heterocycles. The molecule has 0 unspecified atom stereocenters. The van der Waals surface area contributed by atoms with Crippen molar-refractivity contribution in [1.82, 2.24) is 10.2 Å². The van der Waals surface area contributed by atoms with Crippen LogP contribution in [-0.4, -0.2) is 31.2 Å². The smallest absolute Gasteiger partial charge is 0.497 e. The summed E-state index contributed by atoms with van der Waals surface area (Å²) in [6.45, 7) is 0. The van der Waals surface area contributed by atoms with Gasteiger partial charge < -0.3 is 4.74 Å². The molecule has 0 spiro atoms. The van der Waals surface area contributed by atoms with Crippen molar-refractivity contribution >= 4 is 20.7 Å². The Kier molecular flexibility index (Phi) is 5.89. The van der Waals surface area contributed by atoms with Crippen molar-refractivity contribution in [3.63, 3.8) is 0 Å². The summed E-state index contributed by atoms with van der Waals surface area (Å²) in [6.07, 6.45) is 1.04. The van der Waals surface area contributed by atoms with E-state index in [1.165, 1.54) is 19.2 Å². The molecule has 3 rings (SSSR count). The normalized spacial score (nSPS) is 11.5. The SMILES string of the molecule is COc1cc(F)cc(C#N)c1.O=S(=O)(c1cc(F)cc2cn[nH]c12)C(F)(F)F. The van der Waals surface area contributed by atoms with Gasteiger partial charge in [0, 0.05) is 11.5 Å². The zero-order chi connectivity index (χ0) is 21.1. The molecule has 1 aromatic heterocycles. The number of aromatic nitrogens is 2. The minimum atomic E-state index is -5.61. The van der Waals surface area contributed by atoms with E-state index in [0.717, 1.165) is 18.3 Å². The van der Waals surface area contributed by atoms with Crippen LogP contribution in [0.3, 0.4) is 0 Å². The Morgan fingerprint density at radius 2 is 1.75 bits per heavy atom. The molecule has 0 aliphatic rings. The molecule has 3 aromatic rings. The number of ether oxygens (including phenoxy) is 1. The fourth-order valence-corrected chi connectivity index (χ4v) is 3.02. The molecule has 6 nitrogen and oxygen atoms in total. The summed E-state index contributed by atoms with van der Waals surface area (Å²) in [6, 6.07) is 6.87. The first-order chi connectivity index (χ1) is 13.0. The number of aromatic amines is 1. The van der Waals surface area contributed by atoms with Crippen LogP contribution < -0.4 is 4.74 Å². The monoisotopic (exact) mass is 419 g/mol. The summed E-state index contributed by atoms with van der Waals surface area (Å²) in [5, 5.41) is 13.8. The van der Waals surface area contributed by atoms with Gasteiger partial charge in [-0.3, -0.25) is 5.10 Å². The lowest BCUT2D eigenvalue weighted by Crippen LogP contribution is -2.23. The van der Waals surface area contributed by atoms with Crippen LogP contribution >= 0.6 is 0 Å². The maximum Gasteiger partial charge on any atom is 0.501 e. The molecule has 2 aromatic carbocycles. The number of sulfone groups is 1. The zero-order valence-corrected chi connectivity index (χ0v) is 14.7. The van der Waals surface area contributed by atoms with E-state index >= 15 is 0 Å². The molecule has 0 bridgehead atoms. The molecule has 0 saturated carbocycles. The molecule has 12 heteroatoms. The van der Waals surface area contributed by atoms with Gasteiger partial charge in [-0.1, -0.05) is 0 Å². The molecule has 0 radical (unpaired) electrons. The number of nitrogens with one attached hydrogen (secondary N) is 1. The van der Waals surface area contributed by atoms with Crippen molar-refractivity contribution in [2.45, 2.75) is 10.4 Å². The molecule has 1 heterocycles. The number of alkyl halides is 3. The minimum Gasteiger partial charge on any atom is -0.497 e. The Hall–Kier alpha value is -3.20. The van der Waals surface area contributed by atoms with E-state index in [1.54, 1.807) is 0 Å². The van der Waals surface area contributed by atoms with E-state index in [-0.39, 0.29) is 16.5 Å². The van der Waals surface area contributed by atoms with Crippen LogP contribution in [0.5, 0.6) is 5.75 Å². The van der Waals surface area contributed by atoms with Crippen LogP contribution in [0.25, 0.3) is 10.9 Å². The highest BCUT2D eigenvalue weighted by atomic mass is 32.2. The van der Waals surface area contributed by atoms with E-state index in [0.29, 0.717) is 11.8 Å². The number of fused-ring (bicyclic) bond motifs is 1. The van der Waals surface area contributed by atoms with Crippen molar-refractivity contribution in [1.29, 1.82) is 5.26 Å². The number of benzene rings is 2. The van der Waals surface area contributed by atoms with Gasteiger partial charge in [0.2, 0.25) is 0 Å². The molecule has 28 heavy (non-hydrogen) atoms. The van der Waals surface area contributed by atoms with Crippen LogP contribution in [0.4, 0.5) is 22.0 Å². The Morgan fingerprint density at radius 3 is 2.32 bits per heavy atom. The number of H-pyrrole nitrogens is 1. The van der Waals surface area contributed by atoms with Crippen LogP contribution in [0, 0.1) is 23.0 Å². The Balaban J connectivity index is 0.000000221. The third-order valence-corrected chi connectivity index (χ3v) is 4.82. The van der Waals surface area contributed by atoms with Crippen molar-refractivity contribution in [3.8, 4) is 11.8 Å². The highest BCUT2D eigenvalue weighted by molar-refractivity contribution is 7.92. The standard InChI is InChI=1S/C8H4F4N2O2S.C8H6FNO/c9-5-1-4-3-13-14-7(4)6(2-5)17(15,16)8(10,11)12;1-11-8-3-6(5-10)2-7(9)4-8/h1-3H,(H,13,14);2-4H,1H3. The Bertz CT molecular complexity index is 1150. The largest absolute Gasteiger partial charge is 0.501 e. The van der Waals surface area contributed by atoms with E-state index < -0.39 is 31.9 Å². The van der Waals surface area contributed by atoms with Gasteiger partial charge in [-0.15, -0.1) is 0 Å². The molecule has 0 fully saturated rings. The van der Waals surface area contributed by atoms with Crippen molar-refractivity contribution in [2.24, 2.45) is 0 Å². The maximum absolute atomic E-state index is 13.0. The summed E-state index contributed by atoms with van der Waals surface area (Å²) >= 11 is 0. The van der Waals surface area contributed by atoms with Crippen LogP contribution in [0.2, 0.25) is 0 Å². The second-order valence-corrected chi connectivity index (χ2v) is 7.09. The molecule has 0 amide bonds. The summed E-state index contributed by atoms with van der Waals surface area (Å²) in [5.41, 5.74) is -5.59. The van der Waals surface area contributed by atoms with E-state index in [9.17, 15) is 30.4 Å². The van der Waals surface area contributed by atoms with Gasteiger partial charge in [-0.2, -0.15) is 23.5 Å². The number of nitrogens with zero attached hydrogens (tertiary/aromatic N) is 2. The minimum absolute atomic E-state index is 0.0483. The number of methoxy groups -OCH3 is 1. The molecule has 0 aliphatic carbocycles. The number of rotatable bonds is 2. The van der Waals surface area contributed by atoms with Gasteiger partial charge in [-0.25, -0.2) is 17.2 Å². The molecule has 0 aliphatic heterocycles. The predicted molar refractivity (Wildman–Crippen MR) is 87.0 cm³/mol. The maximum atomic E-state index is 13.0. The Labute approximate surface area is 155 Å². The summed E-state index contributed by atoms with van der Waals surface area (Å²) in [4.78, 5) is -1.17. The van der Waals surface area contributed by atoms with Gasteiger partial charge in [0.25, 0.3) is 9.84 Å². The molecule has 148 valence electrons. The fraction of sp³-hybridized carbons (Fsp3) is 0.125. The van der Waals surface area contributed by atoms with E-state index in [4.69, 9.17) is 10.00 Å². The highest BCUT2D eigenvalue weighted by Crippen LogP contribution is 2.34. The van der Waals surface area contributed by atoms with Crippen molar-refractivity contribution in [2.75, 3.05) is 7.11 Å². The number of hydrogen-bond acceptors (Lipinski definition) is 5. The van der Waals surface area contributed by atoms with Gasteiger partial charge in [-0.05, 0) is 24.3 Å². The lowest BCUT2D eigenvalue weighted by atomic mass is 10.2. The summed E-state index contributed by atoms with van der Waals surface area (Å²) < 4.78 is 89.7. The topological polar surface area (TPSA) is 95.8 Å². The lowest BCUT2D eigenvalue weighted by Gasteiger charge is -2.08. The van der Waals surface area contributed by atoms with Crippen molar-refractivity contribution < 1.29 is 35.1 Å². The van der Waals surface area contributed by atoms with Crippen LogP contribution in [0.1, 0.15) is 5.56 Å². The molecule has 0 atom stereocenters. The molecular formula is C16H10F5N3O3S. The average molecular weight is 419 g/mol. The van der Waals surface area contributed by atoms with Crippen LogP contribution in [-0.2, 0) is 9.84 Å². The number of nitriles is 1. The van der Waals surface area contributed by atoms with E-state index in [1.807, 2.05) is 6.07 Å². The quantitative estimate of drug-likeness (QED) is 0.639. The van der Waals surface area contributed by atoms with Crippen LogP contribution in [0.15, 0.2) is 41.4 Å². The molecular weight excluding hydrogens is 409 g/mol. The third-order valence-electron chi connectivity index (χ3n) is 3.31. The fourth-order valence-electron chi connectivity index (χ4n) is 2.07. The molecule has 1 N–H and O–H groups in total. The predicted octanol–water partition coefficient (Wildman–Crippen LogP) is 3.70. The average Bonchev–Trinajstić information content (AvgIpc) is 3.08. The summed E-state index contributed by atoms with van der Waals surface area (Å²) in [7, 11) is -4.18. The van der Waals surface area contributed by atoms with Crippen molar-refractivity contribution in [3.05, 3.63) is 53.7 Å². The number of hydrogen-bond donors (Lipinski definition) is 1. The third kappa shape index (κ3) is 4.37. The Morgan fingerprint density at radius 1 is 1.11 bits per heavy atom. The van der Waals surface area contributed by atoms with E-state index in [2.05, 4.69) is 10.2 Å². The van der Waals surface area contributed by atoms with Gasteiger partial charge in [0.1, 0.15) is 22.3 Å².